The zero-order valence-corrected chi connectivity index (χ0v) is 8.04. The van der Waals surface area contributed by atoms with E-state index in [1.807, 2.05) is 0 Å². The highest BCUT2D eigenvalue weighted by Gasteiger charge is 2.26. The molecular formula is C9H8O4S. The molecule has 74 valence electrons. The van der Waals surface area contributed by atoms with E-state index >= 15 is 0 Å². The molecule has 0 amide bonds. The van der Waals surface area contributed by atoms with Crippen molar-refractivity contribution < 1.29 is 18.3 Å². The predicted octanol–water partition coefficient (Wildman–Crippen LogP) is 0.715. The Morgan fingerprint density at radius 3 is 2.71 bits per heavy atom. The van der Waals surface area contributed by atoms with Crippen LogP contribution in [0.25, 0.3) is 0 Å². The van der Waals surface area contributed by atoms with Gasteiger partial charge in [0.15, 0.2) is 9.84 Å². The number of hydrogen-bond acceptors (Lipinski definition) is 3. The quantitative estimate of drug-likeness (QED) is 0.744. The molecule has 0 spiro atoms. The molecule has 0 saturated heterocycles. The van der Waals surface area contributed by atoms with Gasteiger partial charge in [0.25, 0.3) is 0 Å². The number of rotatable bonds is 1. The summed E-state index contributed by atoms with van der Waals surface area (Å²) in [6, 6.07) is 4.13. The van der Waals surface area contributed by atoms with E-state index in [9.17, 15) is 13.2 Å². The highest BCUT2D eigenvalue weighted by Crippen LogP contribution is 2.26. The van der Waals surface area contributed by atoms with E-state index in [2.05, 4.69) is 0 Å². The van der Waals surface area contributed by atoms with Crippen LogP contribution in [0.5, 0.6) is 0 Å². The normalized spacial score (nSPS) is 17.7. The number of carbonyl (C=O) groups is 1. The fraction of sp³-hybridized carbons (Fsp3) is 0.222. The highest BCUT2D eigenvalue weighted by molar-refractivity contribution is 7.91. The largest absolute Gasteiger partial charge is 0.478 e. The molecule has 0 aromatic heterocycles. The lowest BCUT2D eigenvalue weighted by Crippen LogP contribution is -2.00. The van der Waals surface area contributed by atoms with E-state index in [1.165, 1.54) is 18.2 Å². The fourth-order valence-electron chi connectivity index (χ4n) is 1.57. The van der Waals surface area contributed by atoms with Gasteiger partial charge < -0.3 is 5.11 Å². The molecule has 2 rings (SSSR count). The second-order valence-electron chi connectivity index (χ2n) is 3.20. The SMILES string of the molecule is O=C(O)c1ccc2c(c1)CCS2(=O)=O. The Hall–Kier alpha value is -1.36. The van der Waals surface area contributed by atoms with Crippen LogP contribution in [0.3, 0.4) is 0 Å². The first-order valence-electron chi connectivity index (χ1n) is 4.10. The second-order valence-corrected chi connectivity index (χ2v) is 5.27. The van der Waals surface area contributed by atoms with Gasteiger partial charge in [0.2, 0.25) is 0 Å². The standard InChI is InChI=1S/C9H8O4S/c10-9(11)7-1-2-8-6(5-7)3-4-14(8,12)13/h1-2,5H,3-4H2,(H,10,11). The minimum absolute atomic E-state index is 0.0887. The number of benzene rings is 1. The van der Waals surface area contributed by atoms with Crippen molar-refractivity contribution in [2.24, 2.45) is 0 Å². The molecule has 0 radical (unpaired) electrons. The zero-order chi connectivity index (χ0) is 10.3. The first-order chi connectivity index (χ1) is 6.50. The van der Waals surface area contributed by atoms with Crippen molar-refractivity contribution in [2.75, 3.05) is 5.75 Å². The molecule has 5 heteroatoms. The first kappa shape index (κ1) is 9.21. The van der Waals surface area contributed by atoms with Crippen LogP contribution in [-0.4, -0.2) is 25.2 Å². The predicted molar refractivity (Wildman–Crippen MR) is 49.2 cm³/mol. The topological polar surface area (TPSA) is 71.4 Å². The van der Waals surface area contributed by atoms with Gasteiger partial charge in [0, 0.05) is 0 Å². The van der Waals surface area contributed by atoms with Crippen LogP contribution < -0.4 is 0 Å². The molecule has 0 aliphatic carbocycles. The smallest absolute Gasteiger partial charge is 0.335 e. The van der Waals surface area contributed by atoms with E-state index in [1.54, 1.807) is 0 Å². The summed E-state index contributed by atoms with van der Waals surface area (Å²) >= 11 is 0. The van der Waals surface area contributed by atoms with Gasteiger partial charge in [-0.2, -0.15) is 0 Å². The Balaban J connectivity index is 2.61. The van der Waals surface area contributed by atoms with Gasteiger partial charge in [0.1, 0.15) is 0 Å². The van der Waals surface area contributed by atoms with E-state index in [4.69, 9.17) is 5.11 Å². The maximum atomic E-state index is 11.4. The summed E-state index contributed by atoms with van der Waals surface area (Å²) < 4.78 is 22.8. The second kappa shape index (κ2) is 2.81. The van der Waals surface area contributed by atoms with E-state index in [0.29, 0.717) is 12.0 Å². The summed E-state index contributed by atoms with van der Waals surface area (Å²) in [7, 11) is -3.14. The van der Waals surface area contributed by atoms with Gasteiger partial charge >= 0.3 is 5.97 Å². The number of fused-ring (bicyclic) bond motifs is 1. The number of sulfone groups is 1. The summed E-state index contributed by atoms with van der Waals surface area (Å²) in [5, 5.41) is 8.70. The van der Waals surface area contributed by atoms with Crippen LogP contribution in [0.1, 0.15) is 15.9 Å². The third kappa shape index (κ3) is 1.29. The summed E-state index contributed by atoms with van der Waals surface area (Å²) in [6.07, 6.45) is 0.415. The van der Waals surface area contributed by atoms with Crippen LogP contribution in [0.4, 0.5) is 0 Å². The van der Waals surface area contributed by atoms with E-state index in [0.717, 1.165) is 0 Å². The Kier molecular flexibility index (Phi) is 1.85. The average Bonchev–Trinajstić information content (AvgIpc) is 2.42. The van der Waals surface area contributed by atoms with Crippen molar-refractivity contribution in [3.8, 4) is 0 Å². The lowest BCUT2D eigenvalue weighted by molar-refractivity contribution is 0.0696. The molecule has 14 heavy (non-hydrogen) atoms. The summed E-state index contributed by atoms with van der Waals surface area (Å²) in [4.78, 5) is 10.9. The molecular weight excluding hydrogens is 204 g/mol. The number of aromatic carboxylic acids is 1. The van der Waals surface area contributed by atoms with Crippen LogP contribution >= 0.6 is 0 Å². The minimum Gasteiger partial charge on any atom is -0.478 e. The molecule has 1 N–H and O–H groups in total. The lowest BCUT2D eigenvalue weighted by atomic mass is 10.1. The molecule has 1 aromatic carbocycles. The van der Waals surface area contributed by atoms with Crippen molar-refractivity contribution >= 4 is 15.8 Å². The van der Waals surface area contributed by atoms with Gasteiger partial charge in [0.05, 0.1) is 16.2 Å². The fourth-order valence-corrected chi connectivity index (χ4v) is 3.11. The highest BCUT2D eigenvalue weighted by atomic mass is 32.2. The molecule has 0 saturated carbocycles. The molecule has 1 heterocycles. The third-order valence-corrected chi connectivity index (χ3v) is 4.09. The Morgan fingerprint density at radius 1 is 1.36 bits per heavy atom. The Bertz CT molecular complexity index is 502. The van der Waals surface area contributed by atoms with E-state index < -0.39 is 15.8 Å². The number of carboxylic acid groups (broad SMARTS) is 1. The zero-order valence-electron chi connectivity index (χ0n) is 7.23. The first-order valence-corrected chi connectivity index (χ1v) is 5.75. The Morgan fingerprint density at radius 2 is 2.07 bits per heavy atom. The molecule has 4 nitrogen and oxygen atoms in total. The van der Waals surface area contributed by atoms with Crippen LogP contribution in [-0.2, 0) is 16.3 Å². The molecule has 0 atom stereocenters. The summed E-state index contributed by atoms with van der Waals surface area (Å²) in [6.45, 7) is 0. The van der Waals surface area contributed by atoms with Crippen LogP contribution in [0.15, 0.2) is 23.1 Å². The number of aryl methyl sites for hydroxylation is 1. The lowest BCUT2D eigenvalue weighted by Gasteiger charge is -1.99. The van der Waals surface area contributed by atoms with Crippen molar-refractivity contribution in [1.29, 1.82) is 0 Å². The molecule has 0 bridgehead atoms. The molecule has 1 aliphatic heterocycles. The van der Waals surface area contributed by atoms with Crippen molar-refractivity contribution in [2.45, 2.75) is 11.3 Å². The molecule has 1 aromatic rings. The monoisotopic (exact) mass is 212 g/mol. The van der Waals surface area contributed by atoms with Crippen LogP contribution in [0, 0.1) is 0 Å². The molecule has 0 fully saturated rings. The van der Waals surface area contributed by atoms with Crippen LogP contribution in [0.2, 0.25) is 0 Å². The van der Waals surface area contributed by atoms with Gasteiger partial charge in [-0.15, -0.1) is 0 Å². The van der Waals surface area contributed by atoms with Gasteiger partial charge in [-0.1, -0.05) is 0 Å². The summed E-state index contributed by atoms with van der Waals surface area (Å²) in [5.41, 5.74) is 0.755. The van der Waals surface area contributed by atoms with Gasteiger partial charge in [-0.3, -0.25) is 0 Å². The maximum Gasteiger partial charge on any atom is 0.335 e. The van der Waals surface area contributed by atoms with Gasteiger partial charge in [-0.05, 0) is 30.2 Å². The minimum atomic E-state index is -3.14. The van der Waals surface area contributed by atoms with E-state index in [-0.39, 0.29) is 16.2 Å². The molecule has 0 unspecified atom stereocenters. The number of hydrogen-bond donors (Lipinski definition) is 1. The third-order valence-electron chi connectivity index (χ3n) is 2.28. The van der Waals surface area contributed by atoms with Gasteiger partial charge in [-0.25, -0.2) is 13.2 Å². The Labute approximate surface area is 81.1 Å². The average molecular weight is 212 g/mol. The summed E-state index contributed by atoms with van der Waals surface area (Å²) in [5.74, 6) is -0.942. The van der Waals surface area contributed by atoms with Crippen molar-refractivity contribution in [3.63, 3.8) is 0 Å². The molecule has 1 aliphatic rings. The number of carboxylic acids is 1. The van der Waals surface area contributed by atoms with Crippen molar-refractivity contribution in [1.82, 2.24) is 0 Å². The maximum absolute atomic E-state index is 11.4. The van der Waals surface area contributed by atoms with Crippen molar-refractivity contribution in [3.05, 3.63) is 29.3 Å².